The van der Waals surface area contributed by atoms with Crippen molar-refractivity contribution >= 4 is 50.4 Å². The summed E-state index contributed by atoms with van der Waals surface area (Å²) in [6.07, 6.45) is 0.623. The zero-order valence-corrected chi connectivity index (χ0v) is 19.0. The Labute approximate surface area is 179 Å². The number of sulfone groups is 1. The number of carbonyl (C=O) groups excluding carboxylic acids is 2. The molecule has 0 spiro atoms. The maximum atomic E-state index is 12.9. The largest absolute Gasteiger partial charge is 0.356 e. The van der Waals surface area contributed by atoms with Gasteiger partial charge in [0, 0.05) is 22.7 Å². The van der Waals surface area contributed by atoms with Gasteiger partial charge in [-0.25, -0.2) is 8.42 Å². The molecule has 0 saturated heterocycles. The molecular formula is C20H24N2O4S3. The number of hydrogen-bond acceptors (Lipinski definition) is 6. The predicted octanol–water partition coefficient (Wildman–Crippen LogP) is 3.40. The SMILES string of the molecule is Cc1ccsc1CCNC(=O)C[C@H](C)S(=O)(=O)c1ccc2c(c1)NC(=O)[C@H](C)S2. The first kappa shape index (κ1) is 21.9. The Kier molecular flexibility index (Phi) is 6.70. The molecule has 9 heteroatoms. The molecule has 0 radical (unpaired) electrons. The molecule has 2 N–H and O–H groups in total. The third-order valence-corrected chi connectivity index (χ3v) is 9.25. The quantitative estimate of drug-likeness (QED) is 0.672. The smallest absolute Gasteiger partial charge is 0.237 e. The molecule has 0 saturated carbocycles. The van der Waals surface area contributed by atoms with Crippen LogP contribution in [0.15, 0.2) is 39.4 Å². The van der Waals surface area contributed by atoms with Crippen LogP contribution >= 0.6 is 23.1 Å². The van der Waals surface area contributed by atoms with Gasteiger partial charge in [0.1, 0.15) is 0 Å². The van der Waals surface area contributed by atoms with Crippen LogP contribution in [-0.2, 0) is 25.8 Å². The molecule has 0 fully saturated rings. The maximum absolute atomic E-state index is 12.9. The lowest BCUT2D eigenvalue weighted by Crippen LogP contribution is -2.31. The molecule has 1 aliphatic rings. The van der Waals surface area contributed by atoms with Crippen molar-refractivity contribution in [3.8, 4) is 0 Å². The van der Waals surface area contributed by atoms with Gasteiger partial charge in [-0.05, 0) is 62.4 Å². The number of nitrogens with one attached hydrogen (secondary N) is 2. The Hall–Kier alpha value is -1.84. The number of thioether (sulfide) groups is 1. The van der Waals surface area contributed by atoms with Crippen molar-refractivity contribution in [2.75, 3.05) is 11.9 Å². The molecule has 2 heterocycles. The summed E-state index contributed by atoms with van der Waals surface area (Å²) in [5.41, 5.74) is 1.70. The van der Waals surface area contributed by atoms with Crippen LogP contribution in [-0.4, -0.2) is 37.3 Å². The third kappa shape index (κ3) is 5.02. The highest BCUT2D eigenvalue weighted by Crippen LogP contribution is 2.37. The minimum absolute atomic E-state index is 0.110. The summed E-state index contributed by atoms with van der Waals surface area (Å²) in [5.74, 6) is -0.434. The van der Waals surface area contributed by atoms with Gasteiger partial charge in [-0.2, -0.15) is 0 Å². The van der Waals surface area contributed by atoms with E-state index >= 15 is 0 Å². The monoisotopic (exact) mass is 452 g/mol. The number of anilines is 1. The molecule has 1 aliphatic heterocycles. The van der Waals surface area contributed by atoms with Gasteiger partial charge in [-0.3, -0.25) is 9.59 Å². The number of rotatable bonds is 7. The number of hydrogen-bond donors (Lipinski definition) is 2. The average Bonchev–Trinajstić information content (AvgIpc) is 3.07. The lowest BCUT2D eigenvalue weighted by atomic mass is 10.2. The van der Waals surface area contributed by atoms with Crippen LogP contribution in [0.4, 0.5) is 5.69 Å². The van der Waals surface area contributed by atoms with E-state index in [2.05, 4.69) is 10.6 Å². The van der Waals surface area contributed by atoms with Crippen molar-refractivity contribution < 1.29 is 18.0 Å². The van der Waals surface area contributed by atoms with Crippen molar-refractivity contribution in [2.45, 2.75) is 53.9 Å². The van der Waals surface area contributed by atoms with Gasteiger partial charge in [0.05, 0.1) is 21.1 Å². The van der Waals surface area contributed by atoms with E-state index in [1.54, 1.807) is 30.4 Å². The molecule has 2 aromatic rings. The average molecular weight is 453 g/mol. The second-order valence-corrected chi connectivity index (χ2v) is 11.8. The number of aryl methyl sites for hydroxylation is 1. The van der Waals surface area contributed by atoms with Crippen LogP contribution < -0.4 is 10.6 Å². The Morgan fingerprint density at radius 3 is 2.76 bits per heavy atom. The molecule has 1 aromatic carbocycles. The minimum atomic E-state index is -3.69. The summed E-state index contributed by atoms with van der Waals surface area (Å²) in [4.78, 5) is 26.3. The Bertz CT molecular complexity index is 1030. The van der Waals surface area contributed by atoms with Gasteiger partial charge in [-0.1, -0.05) is 0 Å². The summed E-state index contributed by atoms with van der Waals surface area (Å²) in [6.45, 7) is 5.84. The lowest BCUT2D eigenvalue weighted by molar-refractivity contribution is -0.121. The van der Waals surface area contributed by atoms with Gasteiger partial charge in [0.2, 0.25) is 11.8 Å². The van der Waals surface area contributed by atoms with Gasteiger partial charge >= 0.3 is 0 Å². The number of benzene rings is 1. The maximum Gasteiger partial charge on any atom is 0.237 e. The van der Waals surface area contributed by atoms with Crippen molar-refractivity contribution in [1.82, 2.24) is 5.32 Å². The number of thiophene rings is 1. The third-order valence-electron chi connectivity index (χ3n) is 4.86. The van der Waals surface area contributed by atoms with E-state index < -0.39 is 15.1 Å². The van der Waals surface area contributed by atoms with Gasteiger partial charge in [-0.15, -0.1) is 23.1 Å². The van der Waals surface area contributed by atoms with E-state index in [-0.39, 0.29) is 28.4 Å². The van der Waals surface area contributed by atoms with Gasteiger partial charge in [0.15, 0.2) is 9.84 Å². The summed E-state index contributed by atoms with van der Waals surface area (Å²) >= 11 is 3.05. The molecular weight excluding hydrogens is 428 g/mol. The highest BCUT2D eigenvalue weighted by atomic mass is 32.2. The zero-order chi connectivity index (χ0) is 21.2. The summed E-state index contributed by atoms with van der Waals surface area (Å²) in [7, 11) is -3.69. The molecule has 3 rings (SSSR count). The van der Waals surface area contributed by atoms with Crippen molar-refractivity contribution in [3.63, 3.8) is 0 Å². The molecule has 2 atom stereocenters. The molecule has 29 heavy (non-hydrogen) atoms. The molecule has 1 aromatic heterocycles. The van der Waals surface area contributed by atoms with E-state index in [1.165, 1.54) is 35.2 Å². The van der Waals surface area contributed by atoms with Crippen molar-refractivity contribution in [1.29, 1.82) is 0 Å². The standard InChI is InChI=1S/C20H24N2O4S3/c1-12-7-9-27-17(12)6-8-21-19(23)10-13(2)29(25,26)15-4-5-18-16(11-15)22-20(24)14(3)28-18/h4-5,7,9,11,13-14H,6,8,10H2,1-3H3,(H,21,23)(H,22,24)/t13-,14-/m0/s1. The summed E-state index contributed by atoms with van der Waals surface area (Å²) in [6, 6.07) is 6.77. The Balaban J connectivity index is 1.61. The van der Waals surface area contributed by atoms with Crippen molar-refractivity contribution in [2.24, 2.45) is 0 Å². The Morgan fingerprint density at radius 1 is 1.31 bits per heavy atom. The molecule has 2 amide bonds. The topological polar surface area (TPSA) is 92.3 Å². The number of amides is 2. The van der Waals surface area contributed by atoms with Crippen LogP contribution in [0, 0.1) is 6.92 Å². The van der Waals surface area contributed by atoms with E-state index in [0.29, 0.717) is 12.2 Å². The van der Waals surface area contributed by atoms with Crippen LogP contribution in [0.25, 0.3) is 0 Å². The van der Waals surface area contributed by atoms with E-state index in [0.717, 1.165) is 11.3 Å². The predicted molar refractivity (Wildman–Crippen MR) is 117 cm³/mol. The molecule has 0 aliphatic carbocycles. The number of carbonyl (C=O) groups is 2. The molecule has 0 unspecified atom stereocenters. The van der Waals surface area contributed by atoms with Crippen LogP contribution in [0.5, 0.6) is 0 Å². The molecule has 0 bridgehead atoms. The first-order valence-corrected chi connectivity index (χ1v) is 12.6. The van der Waals surface area contributed by atoms with Crippen LogP contribution in [0.3, 0.4) is 0 Å². The van der Waals surface area contributed by atoms with Gasteiger partial charge < -0.3 is 10.6 Å². The zero-order valence-electron chi connectivity index (χ0n) is 16.5. The van der Waals surface area contributed by atoms with E-state index in [1.807, 2.05) is 18.4 Å². The van der Waals surface area contributed by atoms with E-state index in [9.17, 15) is 18.0 Å². The second kappa shape index (κ2) is 8.89. The van der Waals surface area contributed by atoms with E-state index in [4.69, 9.17) is 0 Å². The fraction of sp³-hybridized carbons (Fsp3) is 0.400. The highest BCUT2D eigenvalue weighted by molar-refractivity contribution is 8.01. The Morgan fingerprint density at radius 2 is 2.07 bits per heavy atom. The second-order valence-electron chi connectivity index (χ2n) is 7.09. The first-order chi connectivity index (χ1) is 13.7. The first-order valence-electron chi connectivity index (χ1n) is 9.33. The van der Waals surface area contributed by atoms with Gasteiger partial charge in [0.25, 0.3) is 0 Å². The summed E-state index contributed by atoms with van der Waals surface area (Å²) < 4.78 is 25.8. The fourth-order valence-corrected chi connectivity index (χ4v) is 6.23. The molecule has 6 nitrogen and oxygen atoms in total. The molecule has 156 valence electrons. The fourth-order valence-electron chi connectivity index (χ4n) is 3.02. The highest BCUT2D eigenvalue weighted by Gasteiger charge is 2.29. The summed E-state index contributed by atoms with van der Waals surface area (Å²) in [5, 5.41) is 6.48. The van der Waals surface area contributed by atoms with Crippen molar-refractivity contribution in [3.05, 3.63) is 40.1 Å². The number of fused-ring (bicyclic) bond motifs is 1. The van der Waals surface area contributed by atoms with Crippen LogP contribution in [0.1, 0.15) is 30.7 Å². The lowest BCUT2D eigenvalue weighted by Gasteiger charge is -2.22. The normalized spacial score (nSPS) is 17.3. The van der Waals surface area contributed by atoms with Crippen LogP contribution in [0.2, 0.25) is 0 Å². The minimum Gasteiger partial charge on any atom is -0.356 e.